The number of hydrogen-bond acceptors (Lipinski definition) is 3. The maximum Gasteiger partial charge on any atom is 0.248 e. The zero-order valence-corrected chi connectivity index (χ0v) is 9.50. The number of aromatic nitrogens is 1. The molecule has 0 saturated carbocycles. The van der Waals surface area contributed by atoms with Gasteiger partial charge in [0.25, 0.3) is 0 Å². The van der Waals surface area contributed by atoms with E-state index in [4.69, 9.17) is 4.84 Å². The zero-order chi connectivity index (χ0) is 11.5. The van der Waals surface area contributed by atoms with Crippen molar-refractivity contribution >= 4 is 5.71 Å². The summed E-state index contributed by atoms with van der Waals surface area (Å²) in [6.07, 6.45) is 0. The van der Waals surface area contributed by atoms with Gasteiger partial charge in [0, 0.05) is 6.07 Å². The number of nitrogens with zero attached hydrogens (tertiary/aromatic N) is 1. The highest BCUT2D eigenvalue weighted by atomic mass is 16.6. The Kier molecular flexibility index (Phi) is 3.29. The first-order chi connectivity index (χ1) is 6.88. The van der Waals surface area contributed by atoms with Crippen LogP contribution in [0.15, 0.2) is 28.1 Å². The van der Waals surface area contributed by atoms with Gasteiger partial charge in [-0.2, -0.15) is 0 Å². The fraction of sp³-hybridized carbons (Fsp3) is 0.455. The summed E-state index contributed by atoms with van der Waals surface area (Å²) in [5.41, 5.74) is 0.864. The van der Waals surface area contributed by atoms with Gasteiger partial charge in [-0.05, 0) is 33.8 Å². The number of nitrogens with one attached hydrogen (secondary N) is 1. The molecule has 0 unspecified atom stereocenters. The summed E-state index contributed by atoms with van der Waals surface area (Å²) in [5, 5.41) is 3.95. The van der Waals surface area contributed by atoms with Gasteiger partial charge in [-0.1, -0.05) is 11.2 Å². The van der Waals surface area contributed by atoms with E-state index in [0.717, 1.165) is 0 Å². The predicted octanol–water partition coefficient (Wildman–Crippen LogP) is 1.91. The molecule has 1 aromatic heterocycles. The van der Waals surface area contributed by atoms with Crippen LogP contribution in [0, 0.1) is 0 Å². The van der Waals surface area contributed by atoms with Crippen molar-refractivity contribution in [1.29, 1.82) is 0 Å². The lowest BCUT2D eigenvalue weighted by molar-refractivity contribution is 0.000919. The predicted molar refractivity (Wildman–Crippen MR) is 60.1 cm³/mol. The molecule has 0 atom stereocenters. The molecule has 4 heteroatoms. The van der Waals surface area contributed by atoms with E-state index >= 15 is 0 Å². The van der Waals surface area contributed by atoms with Gasteiger partial charge in [-0.25, -0.2) is 0 Å². The van der Waals surface area contributed by atoms with Crippen LogP contribution >= 0.6 is 0 Å². The second-order valence-electron chi connectivity index (χ2n) is 4.31. The Bertz CT molecular complexity index is 413. The second kappa shape index (κ2) is 4.29. The van der Waals surface area contributed by atoms with Crippen molar-refractivity contribution < 1.29 is 4.84 Å². The molecule has 1 aromatic rings. The molecular formula is C11H16N2O2. The Labute approximate surface area is 89.0 Å². The van der Waals surface area contributed by atoms with E-state index in [2.05, 4.69) is 10.1 Å². The molecule has 1 N–H and O–H groups in total. The lowest BCUT2D eigenvalue weighted by atomic mass is 10.2. The van der Waals surface area contributed by atoms with E-state index in [1.807, 2.05) is 20.8 Å². The first-order valence-electron chi connectivity index (χ1n) is 4.81. The Morgan fingerprint density at radius 2 is 2.07 bits per heavy atom. The lowest BCUT2D eigenvalue weighted by Crippen LogP contribution is -2.17. The molecule has 1 rings (SSSR count). The standard InChI is InChI=1S/C11H16N2O2/c1-8(13-15-11(2,3)4)9-6-5-7-10(14)12-9/h5-7H,1-4H3,(H,12,14). The van der Waals surface area contributed by atoms with Gasteiger partial charge in [0.15, 0.2) is 0 Å². The number of H-pyrrole nitrogens is 1. The molecule has 0 bridgehead atoms. The van der Waals surface area contributed by atoms with Crippen LogP contribution in [0.25, 0.3) is 0 Å². The van der Waals surface area contributed by atoms with Crippen LogP contribution in [0.4, 0.5) is 0 Å². The summed E-state index contributed by atoms with van der Waals surface area (Å²) >= 11 is 0. The summed E-state index contributed by atoms with van der Waals surface area (Å²) in [6.45, 7) is 7.53. The van der Waals surface area contributed by atoms with Crippen LogP contribution in [-0.2, 0) is 4.84 Å². The average Bonchev–Trinajstić information content (AvgIpc) is 2.13. The van der Waals surface area contributed by atoms with Crippen LogP contribution in [0.1, 0.15) is 33.4 Å². The van der Waals surface area contributed by atoms with Crippen molar-refractivity contribution in [3.63, 3.8) is 0 Å². The van der Waals surface area contributed by atoms with Crippen LogP contribution < -0.4 is 5.56 Å². The van der Waals surface area contributed by atoms with Gasteiger partial charge >= 0.3 is 0 Å². The SMILES string of the molecule is CC(=NOC(C)(C)C)c1cccc(=O)[nH]1. The van der Waals surface area contributed by atoms with E-state index in [0.29, 0.717) is 11.4 Å². The molecule has 0 amide bonds. The third-order valence-corrected chi connectivity index (χ3v) is 1.61. The molecule has 0 saturated heterocycles. The average molecular weight is 208 g/mol. The molecule has 15 heavy (non-hydrogen) atoms. The van der Waals surface area contributed by atoms with E-state index in [9.17, 15) is 4.79 Å². The largest absolute Gasteiger partial charge is 0.390 e. The van der Waals surface area contributed by atoms with Gasteiger partial charge in [-0.3, -0.25) is 4.79 Å². The quantitative estimate of drug-likeness (QED) is 0.596. The van der Waals surface area contributed by atoms with E-state index in [1.165, 1.54) is 6.07 Å². The molecule has 0 aliphatic carbocycles. The summed E-state index contributed by atoms with van der Waals surface area (Å²) in [5.74, 6) is 0. The second-order valence-corrected chi connectivity index (χ2v) is 4.31. The van der Waals surface area contributed by atoms with Crippen molar-refractivity contribution in [2.24, 2.45) is 5.16 Å². The monoisotopic (exact) mass is 208 g/mol. The molecule has 0 radical (unpaired) electrons. The molecule has 82 valence electrons. The lowest BCUT2D eigenvalue weighted by Gasteiger charge is -2.15. The molecule has 0 aliphatic heterocycles. The molecule has 0 spiro atoms. The highest BCUT2D eigenvalue weighted by Gasteiger charge is 2.10. The summed E-state index contributed by atoms with van der Waals surface area (Å²) in [4.78, 5) is 19.0. The molecule has 0 aromatic carbocycles. The fourth-order valence-electron chi connectivity index (χ4n) is 0.913. The van der Waals surface area contributed by atoms with E-state index in [1.54, 1.807) is 19.1 Å². The van der Waals surface area contributed by atoms with Crippen molar-refractivity contribution in [2.45, 2.75) is 33.3 Å². The maximum absolute atomic E-state index is 11.0. The molecule has 4 nitrogen and oxygen atoms in total. The number of hydrogen-bond donors (Lipinski definition) is 1. The Balaban J connectivity index is 2.85. The normalized spacial score (nSPS) is 12.7. The molecule has 0 fully saturated rings. The van der Waals surface area contributed by atoms with E-state index < -0.39 is 0 Å². The van der Waals surface area contributed by atoms with Crippen molar-refractivity contribution in [2.75, 3.05) is 0 Å². The van der Waals surface area contributed by atoms with Gasteiger partial charge in [0.05, 0.1) is 5.69 Å². The molecular weight excluding hydrogens is 192 g/mol. The van der Waals surface area contributed by atoms with Gasteiger partial charge in [-0.15, -0.1) is 0 Å². The third kappa shape index (κ3) is 3.97. The molecule has 0 aliphatic rings. The minimum Gasteiger partial charge on any atom is -0.390 e. The fourth-order valence-corrected chi connectivity index (χ4v) is 0.913. The number of pyridine rings is 1. The van der Waals surface area contributed by atoms with Gasteiger partial charge < -0.3 is 9.82 Å². The Hall–Kier alpha value is -1.58. The third-order valence-electron chi connectivity index (χ3n) is 1.61. The van der Waals surface area contributed by atoms with Crippen LogP contribution in [-0.4, -0.2) is 16.3 Å². The zero-order valence-electron chi connectivity index (χ0n) is 9.50. The van der Waals surface area contributed by atoms with Gasteiger partial charge in [0.2, 0.25) is 5.56 Å². The maximum atomic E-state index is 11.0. The first-order valence-corrected chi connectivity index (χ1v) is 4.81. The minimum absolute atomic E-state index is 0.141. The summed E-state index contributed by atoms with van der Waals surface area (Å²) < 4.78 is 0. The molecule has 1 heterocycles. The Morgan fingerprint density at radius 3 is 2.60 bits per heavy atom. The smallest absolute Gasteiger partial charge is 0.248 e. The number of aromatic amines is 1. The van der Waals surface area contributed by atoms with Crippen molar-refractivity contribution in [1.82, 2.24) is 4.98 Å². The van der Waals surface area contributed by atoms with Gasteiger partial charge in [0.1, 0.15) is 11.3 Å². The van der Waals surface area contributed by atoms with Crippen molar-refractivity contribution in [3.05, 3.63) is 34.2 Å². The topological polar surface area (TPSA) is 54.4 Å². The Morgan fingerprint density at radius 1 is 1.40 bits per heavy atom. The van der Waals surface area contributed by atoms with Crippen LogP contribution in [0.5, 0.6) is 0 Å². The first kappa shape index (κ1) is 11.5. The highest BCUT2D eigenvalue weighted by Crippen LogP contribution is 2.08. The summed E-state index contributed by atoms with van der Waals surface area (Å²) in [6, 6.07) is 4.93. The van der Waals surface area contributed by atoms with Crippen molar-refractivity contribution in [3.8, 4) is 0 Å². The van der Waals surface area contributed by atoms with Crippen LogP contribution in [0.3, 0.4) is 0 Å². The number of oxime groups is 1. The minimum atomic E-state index is -0.323. The highest BCUT2D eigenvalue weighted by molar-refractivity contribution is 5.96. The summed E-state index contributed by atoms with van der Waals surface area (Å²) in [7, 11) is 0. The van der Waals surface area contributed by atoms with Crippen LogP contribution in [0.2, 0.25) is 0 Å². The van der Waals surface area contributed by atoms with E-state index in [-0.39, 0.29) is 11.2 Å². The number of rotatable bonds is 2.